The van der Waals surface area contributed by atoms with Gasteiger partial charge in [0.2, 0.25) is 5.91 Å². The number of likely N-dealkylation sites (N-methyl/N-ethyl adjacent to an activating group) is 1. The zero-order chi connectivity index (χ0) is 15.6. The molecule has 2 heterocycles. The minimum absolute atomic E-state index is 0.0915. The van der Waals surface area contributed by atoms with Crippen molar-refractivity contribution in [3.63, 3.8) is 0 Å². The molecular weight excluding hydrogens is 308 g/mol. The van der Waals surface area contributed by atoms with Crippen molar-refractivity contribution >= 4 is 27.3 Å². The molecule has 21 heavy (non-hydrogen) atoms. The maximum absolute atomic E-state index is 12.7. The molecule has 1 unspecified atom stereocenters. The molecule has 1 amide bonds. The smallest absolute Gasteiger partial charge is 0.253 e. The first-order valence-electron chi connectivity index (χ1n) is 7.21. The van der Waals surface area contributed by atoms with Crippen LogP contribution in [-0.2, 0) is 14.8 Å². The van der Waals surface area contributed by atoms with E-state index in [1.165, 1.54) is 15.6 Å². The molecule has 5 nitrogen and oxygen atoms in total. The molecule has 7 heteroatoms. The van der Waals surface area contributed by atoms with E-state index in [1.807, 2.05) is 13.8 Å². The third kappa shape index (κ3) is 3.30. The van der Waals surface area contributed by atoms with Crippen LogP contribution in [0.3, 0.4) is 0 Å². The number of sulfonamides is 1. The van der Waals surface area contributed by atoms with E-state index in [1.54, 1.807) is 24.1 Å². The summed E-state index contributed by atoms with van der Waals surface area (Å²) in [5.41, 5.74) is 0. The van der Waals surface area contributed by atoms with E-state index in [-0.39, 0.29) is 5.91 Å². The Morgan fingerprint density at radius 2 is 2.19 bits per heavy atom. The van der Waals surface area contributed by atoms with Gasteiger partial charge in [0.15, 0.2) is 0 Å². The van der Waals surface area contributed by atoms with Gasteiger partial charge in [-0.15, -0.1) is 11.3 Å². The molecule has 0 aliphatic carbocycles. The molecule has 0 saturated carbocycles. The van der Waals surface area contributed by atoms with Crippen molar-refractivity contribution in [1.82, 2.24) is 9.21 Å². The molecule has 1 aromatic heterocycles. The highest BCUT2D eigenvalue weighted by Gasteiger charge is 2.40. The molecule has 1 aliphatic rings. The molecule has 1 atom stereocenters. The fraction of sp³-hybridized carbons (Fsp3) is 0.643. The monoisotopic (exact) mass is 330 g/mol. The molecular formula is C14H22N2O3S2. The van der Waals surface area contributed by atoms with Crippen LogP contribution < -0.4 is 0 Å². The standard InChI is InChI=1S/C14H22N2O3S2/c1-4-9-15(3)14(17)12-6-5-10-16(12)21(18,19)13-8-7-11(2)20-13/h7-8,12H,4-6,9-10H2,1-3H3. The largest absolute Gasteiger partial charge is 0.344 e. The van der Waals surface area contributed by atoms with Crippen LogP contribution in [0.2, 0.25) is 0 Å². The van der Waals surface area contributed by atoms with E-state index in [0.717, 1.165) is 17.7 Å². The van der Waals surface area contributed by atoms with Gasteiger partial charge in [-0.2, -0.15) is 4.31 Å². The van der Waals surface area contributed by atoms with E-state index in [9.17, 15) is 13.2 Å². The van der Waals surface area contributed by atoms with E-state index in [0.29, 0.717) is 23.7 Å². The number of aryl methyl sites for hydroxylation is 1. The average molecular weight is 330 g/mol. The summed E-state index contributed by atoms with van der Waals surface area (Å²) in [6.07, 6.45) is 2.21. The van der Waals surface area contributed by atoms with E-state index in [2.05, 4.69) is 0 Å². The minimum Gasteiger partial charge on any atom is -0.344 e. The number of carbonyl (C=O) groups is 1. The SMILES string of the molecule is CCCN(C)C(=O)C1CCCN1S(=O)(=O)c1ccc(C)s1. The van der Waals surface area contributed by atoms with Crippen molar-refractivity contribution in [1.29, 1.82) is 0 Å². The molecule has 1 fully saturated rings. The zero-order valence-electron chi connectivity index (χ0n) is 12.7. The fourth-order valence-corrected chi connectivity index (χ4v) is 5.70. The van der Waals surface area contributed by atoms with Gasteiger partial charge in [-0.1, -0.05) is 6.92 Å². The second-order valence-corrected chi connectivity index (χ2v) is 8.80. The molecule has 118 valence electrons. The van der Waals surface area contributed by atoms with Gasteiger partial charge in [0.1, 0.15) is 10.3 Å². The Balaban J connectivity index is 2.24. The first-order chi connectivity index (χ1) is 9.87. The molecule has 1 saturated heterocycles. The maximum atomic E-state index is 12.7. The summed E-state index contributed by atoms with van der Waals surface area (Å²) in [4.78, 5) is 15.0. The van der Waals surface area contributed by atoms with Crippen LogP contribution in [0.5, 0.6) is 0 Å². The molecule has 0 aromatic carbocycles. The molecule has 2 rings (SSSR count). The Bertz CT molecular complexity index is 609. The van der Waals surface area contributed by atoms with Crippen LogP contribution in [-0.4, -0.2) is 49.7 Å². The highest BCUT2D eigenvalue weighted by molar-refractivity contribution is 7.91. The van der Waals surface area contributed by atoms with Crippen molar-refractivity contribution in [2.45, 2.75) is 43.4 Å². The average Bonchev–Trinajstić information content (AvgIpc) is 3.07. The summed E-state index contributed by atoms with van der Waals surface area (Å²) in [5, 5.41) is 0. The number of thiophene rings is 1. The van der Waals surface area contributed by atoms with Gasteiger partial charge < -0.3 is 4.90 Å². The Labute approximate surface area is 130 Å². The summed E-state index contributed by atoms with van der Waals surface area (Å²) in [5.74, 6) is -0.0915. The molecule has 0 N–H and O–H groups in total. The normalized spacial score (nSPS) is 19.9. The highest BCUT2D eigenvalue weighted by Crippen LogP contribution is 2.30. The van der Waals surface area contributed by atoms with Crippen LogP contribution in [0.4, 0.5) is 0 Å². The Morgan fingerprint density at radius 3 is 2.76 bits per heavy atom. The molecule has 1 aromatic rings. The van der Waals surface area contributed by atoms with Crippen molar-refractivity contribution in [2.75, 3.05) is 20.1 Å². The molecule has 1 aliphatic heterocycles. The second kappa shape index (κ2) is 6.46. The highest BCUT2D eigenvalue weighted by atomic mass is 32.2. The van der Waals surface area contributed by atoms with Gasteiger partial charge in [0, 0.05) is 25.0 Å². The van der Waals surface area contributed by atoms with Gasteiger partial charge in [-0.25, -0.2) is 8.42 Å². The van der Waals surface area contributed by atoms with Crippen LogP contribution in [0.25, 0.3) is 0 Å². The Kier molecular flexibility index (Phi) is 5.06. The summed E-state index contributed by atoms with van der Waals surface area (Å²) >= 11 is 1.26. The zero-order valence-corrected chi connectivity index (χ0v) is 14.3. The van der Waals surface area contributed by atoms with E-state index >= 15 is 0 Å². The number of rotatable bonds is 5. The van der Waals surface area contributed by atoms with Crippen molar-refractivity contribution in [3.8, 4) is 0 Å². The van der Waals surface area contributed by atoms with Crippen molar-refractivity contribution in [3.05, 3.63) is 17.0 Å². The Hall–Kier alpha value is -0.920. The summed E-state index contributed by atoms with van der Waals surface area (Å²) in [6, 6.07) is 2.88. The van der Waals surface area contributed by atoms with E-state index < -0.39 is 16.1 Å². The van der Waals surface area contributed by atoms with Gasteiger partial charge in [0.05, 0.1) is 0 Å². The lowest BCUT2D eigenvalue weighted by molar-refractivity contribution is -0.133. The van der Waals surface area contributed by atoms with Crippen molar-refractivity contribution in [2.24, 2.45) is 0 Å². The number of amides is 1. The lowest BCUT2D eigenvalue weighted by Crippen LogP contribution is -2.46. The predicted molar refractivity (Wildman–Crippen MR) is 83.9 cm³/mol. The van der Waals surface area contributed by atoms with Crippen LogP contribution in [0.15, 0.2) is 16.3 Å². The molecule has 0 bridgehead atoms. The van der Waals surface area contributed by atoms with Gasteiger partial charge >= 0.3 is 0 Å². The fourth-order valence-electron chi connectivity index (χ4n) is 2.64. The lowest BCUT2D eigenvalue weighted by atomic mass is 10.2. The summed E-state index contributed by atoms with van der Waals surface area (Å²) in [7, 11) is -1.82. The lowest BCUT2D eigenvalue weighted by Gasteiger charge is -2.26. The number of hydrogen-bond donors (Lipinski definition) is 0. The first kappa shape index (κ1) is 16.5. The predicted octanol–water partition coefficient (Wildman–Crippen LogP) is 2.08. The third-order valence-corrected chi connectivity index (χ3v) is 7.08. The summed E-state index contributed by atoms with van der Waals surface area (Å²) < 4.78 is 27.1. The molecule has 0 spiro atoms. The van der Waals surface area contributed by atoms with Crippen molar-refractivity contribution < 1.29 is 13.2 Å². The number of carbonyl (C=O) groups excluding carboxylic acids is 1. The second-order valence-electron chi connectivity index (χ2n) is 5.40. The van der Waals surface area contributed by atoms with Gasteiger partial charge in [-0.3, -0.25) is 4.79 Å². The number of hydrogen-bond acceptors (Lipinski definition) is 4. The topological polar surface area (TPSA) is 57.7 Å². The quantitative estimate of drug-likeness (QED) is 0.830. The van der Waals surface area contributed by atoms with E-state index in [4.69, 9.17) is 0 Å². The first-order valence-corrected chi connectivity index (χ1v) is 9.47. The van der Waals surface area contributed by atoms with Crippen LogP contribution >= 0.6 is 11.3 Å². The van der Waals surface area contributed by atoms with Crippen LogP contribution in [0, 0.1) is 6.92 Å². The maximum Gasteiger partial charge on any atom is 0.253 e. The molecule has 0 radical (unpaired) electrons. The third-order valence-electron chi connectivity index (χ3n) is 3.70. The summed E-state index contributed by atoms with van der Waals surface area (Å²) in [6.45, 7) is 4.96. The minimum atomic E-state index is -3.56. The Morgan fingerprint density at radius 1 is 1.48 bits per heavy atom. The number of nitrogens with zero attached hydrogens (tertiary/aromatic N) is 2. The van der Waals surface area contributed by atoms with Crippen LogP contribution in [0.1, 0.15) is 31.1 Å². The van der Waals surface area contributed by atoms with Gasteiger partial charge in [0.25, 0.3) is 10.0 Å². The van der Waals surface area contributed by atoms with Gasteiger partial charge in [-0.05, 0) is 38.3 Å².